The molecule has 2 nitrogen and oxygen atoms in total. The molecule has 2 heterocycles. The summed E-state index contributed by atoms with van der Waals surface area (Å²) in [5.74, 6) is 1.94. The maximum Gasteiger partial charge on any atom is 0.124 e. The van der Waals surface area contributed by atoms with Crippen molar-refractivity contribution in [2.75, 3.05) is 13.1 Å². The van der Waals surface area contributed by atoms with Gasteiger partial charge >= 0.3 is 0 Å². The molecule has 2 atom stereocenters. The van der Waals surface area contributed by atoms with Crippen LogP contribution in [0.4, 0.5) is 0 Å². The van der Waals surface area contributed by atoms with Crippen molar-refractivity contribution in [3.8, 4) is 0 Å². The first-order valence-corrected chi connectivity index (χ1v) is 7.63. The van der Waals surface area contributed by atoms with Crippen molar-refractivity contribution in [3.63, 3.8) is 0 Å². The molecule has 0 spiro atoms. The molecule has 2 aliphatic rings. The second-order valence-corrected chi connectivity index (χ2v) is 6.10. The quantitative estimate of drug-likeness (QED) is 0.780. The van der Waals surface area contributed by atoms with Crippen LogP contribution in [0, 0.1) is 5.92 Å². The number of likely N-dealkylation sites (tertiary alicyclic amines) is 1. The Labute approximate surface area is 110 Å². The maximum atomic E-state index is 5.86. The fourth-order valence-electron chi connectivity index (χ4n) is 4.14. The third-order valence-electron chi connectivity index (χ3n) is 5.13. The normalized spacial score (nSPS) is 34.6. The fraction of sp³-hybridized carbons (Fsp3) is 0.750. The number of furan rings is 1. The van der Waals surface area contributed by atoms with Gasteiger partial charge in [0.1, 0.15) is 5.76 Å². The Morgan fingerprint density at radius 1 is 1.17 bits per heavy atom. The van der Waals surface area contributed by atoms with Crippen LogP contribution in [-0.2, 0) is 5.54 Å². The molecule has 18 heavy (non-hydrogen) atoms. The molecule has 2 fully saturated rings. The molecule has 1 saturated carbocycles. The monoisotopic (exact) mass is 247 g/mol. The highest BCUT2D eigenvalue weighted by Gasteiger charge is 2.46. The van der Waals surface area contributed by atoms with Crippen LogP contribution in [0.25, 0.3) is 0 Å². The largest absolute Gasteiger partial charge is 0.467 e. The standard InChI is InChI=1S/C16H25NO/c1-14-8-3-4-10-16(14,15-9-7-13-18-15)17-11-5-2-6-12-17/h7,9,13-14H,2-6,8,10-12H2,1H3. The molecular formula is C16H25NO. The molecule has 0 aromatic carbocycles. The lowest BCUT2D eigenvalue weighted by atomic mass is 9.70. The van der Waals surface area contributed by atoms with Crippen molar-refractivity contribution >= 4 is 0 Å². The van der Waals surface area contributed by atoms with E-state index in [-0.39, 0.29) is 5.54 Å². The number of piperidine rings is 1. The molecule has 100 valence electrons. The predicted octanol–water partition coefficient (Wildman–Crippen LogP) is 4.17. The van der Waals surface area contributed by atoms with Crippen LogP contribution in [0.1, 0.15) is 57.6 Å². The zero-order valence-corrected chi connectivity index (χ0v) is 11.5. The Morgan fingerprint density at radius 3 is 2.67 bits per heavy atom. The van der Waals surface area contributed by atoms with Crippen LogP contribution in [0.5, 0.6) is 0 Å². The summed E-state index contributed by atoms with van der Waals surface area (Å²) in [6, 6.07) is 4.26. The summed E-state index contributed by atoms with van der Waals surface area (Å²) in [4.78, 5) is 2.74. The van der Waals surface area contributed by atoms with Crippen molar-refractivity contribution in [2.24, 2.45) is 5.92 Å². The first kappa shape index (κ1) is 12.3. The number of rotatable bonds is 2. The molecule has 0 N–H and O–H groups in total. The predicted molar refractivity (Wildman–Crippen MR) is 73.4 cm³/mol. The zero-order valence-electron chi connectivity index (χ0n) is 11.5. The summed E-state index contributed by atoms with van der Waals surface area (Å²) in [5.41, 5.74) is 0.197. The van der Waals surface area contributed by atoms with E-state index in [9.17, 15) is 0 Å². The van der Waals surface area contributed by atoms with Crippen LogP contribution < -0.4 is 0 Å². The first-order chi connectivity index (χ1) is 8.84. The molecule has 3 rings (SSSR count). The van der Waals surface area contributed by atoms with E-state index in [1.165, 1.54) is 63.8 Å². The van der Waals surface area contributed by atoms with Gasteiger partial charge in [0.25, 0.3) is 0 Å². The molecule has 1 aromatic rings. The van der Waals surface area contributed by atoms with Crippen molar-refractivity contribution in [2.45, 2.75) is 57.4 Å². The highest BCUT2D eigenvalue weighted by atomic mass is 16.3. The number of nitrogens with zero attached hydrogens (tertiary/aromatic N) is 1. The van der Waals surface area contributed by atoms with Crippen LogP contribution in [0.15, 0.2) is 22.8 Å². The van der Waals surface area contributed by atoms with Crippen molar-refractivity contribution < 1.29 is 4.42 Å². The fourth-order valence-corrected chi connectivity index (χ4v) is 4.14. The van der Waals surface area contributed by atoms with E-state index >= 15 is 0 Å². The second kappa shape index (κ2) is 5.08. The van der Waals surface area contributed by atoms with E-state index < -0.39 is 0 Å². The van der Waals surface area contributed by atoms with E-state index in [1.54, 1.807) is 0 Å². The zero-order chi connectivity index (χ0) is 12.4. The van der Waals surface area contributed by atoms with Gasteiger partial charge in [-0.1, -0.05) is 26.2 Å². The average Bonchev–Trinajstić information content (AvgIpc) is 2.95. The SMILES string of the molecule is CC1CCCCC1(c1ccco1)N1CCCCC1. The third-order valence-corrected chi connectivity index (χ3v) is 5.13. The summed E-state index contributed by atoms with van der Waals surface area (Å²) < 4.78 is 5.86. The Hall–Kier alpha value is -0.760. The maximum absolute atomic E-state index is 5.86. The molecule has 2 unspecified atom stereocenters. The average molecular weight is 247 g/mol. The highest BCUT2D eigenvalue weighted by molar-refractivity contribution is 5.16. The van der Waals surface area contributed by atoms with Crippen LogP contribution >= 0.6 is 0 Å². The Bertz CT molecular complexity index is 366. The molecule has 0 radical (unpaired) electrons. The van der Waals surface area contributed by atoms with Crippen LogP contribution in [0.2, 0.25) is 0 Å². The van der Waals surface area contributed by atoms with E-state index in [0.717, 1.165) is 5.92 Å². The van der Waals surface area contributed by atoms with Crippen molar-refractivity contribution in [1.82, 2.24) is 4.90 Å². The lowest BCUT2D eigenvalue weighted by molar-refractivity contribution is -0.0266. The van der Waals surface area contributed by atoms with E-state index in [2.05, 4.69) is 24.0 Å². The van der Waals surface area contributed by atoms with E-state index in [4.69, 9.17) is 4.42 Å². The lowest BCUT2D eigenvalue weighted by Gasteiger charge is -2.50. The first-order valence-electron chi connectivity index (χ1n) is 7.63. The number of hydrogen-bond acceptors (Lipinski definition) is 2. The minimum atomic E-state index is 0.197. The van der Waals surface area contributed by atoms with Crippen LogP contribution in [-0.4, -0.2) is 18.0 Å². The smallest absolute Gasteiger partial charge is 0.124 e. The Balaban J connectivity index is 1.96. The molecule has 2 heteroatoms. The summed E-state index contributed by atoms with van der Waals surface area (Å²) in [7, 11) is 0. The molecule has 0 amide bonds. The summed E-state index contributed by atoms with van der Waals surface area (Å²) in [5, 5.41) is 0. The third kappa shape index (κ3) is 1.91. The highest BCUT2D eigenvalue weighted by Crippen LogP contribution is 2.47. The topological polar surface area (TPSA) is 16.4 Å². The van der Waals surface area contributed by atoms with Crippen LogP contribution in [0.3, 0.4) is 0 Å². The molecule has 0 bridgehead atoms. The molecule has 1 aliphatic heterocycles. The van der Waals surface area contributed by atoms with Gasteiger partial charge in [-0.15, -0.1) is 0 Å². The summed E-state index contributed by atoms with van der Waals surface area (Å²) in [6.07, 6.45) is 11.3. The molecular weight excluding hydrogens is 222 g/mol. The minimum absolute atomic E-state index is 0.197. The van der Waals surface area contributed by atoms with Gasteiger partial charge < -0.3 is 4.42 Å². The lowest BCUT2D eigenvalue weighted by Crippen LogP contribution is -2.53. The van der Waals surface area contributed by atoms with Gasteiger partial charge in [0.15, 0.2) is 0 Å². The van der Waals surface area contributed by atoms with E-state index in [0.29, 0.717) is 0 Å². The van der Waals surface area contributed by atoms with E-state index in [1.807, 2.05) is 6.26 Å². The molecule has 1 aliphatic carbocycles. The van der Waals surface area contributed by atoms with Gasteiger partial charge in [-0.25, -0.2) is 0 Å². The van der Waals surface area contributed by atoms with Crippen molar-refractivity contribution in [3.05, 3.63) is 24.2 Å². The van der Waals surface area contributed by atoms with Crippen molar-refractivity contribution in [1.29, 1.82) is 0 Å². The molecule has 1 saturated heterocycles. The Kier molecular flexibility index (Phi) is 3.47. The van der Waals surface area contributed by atoms with Gasteiger partial charge in [-0.05, 0) is 56.8 Å². The summed E-state index contributed by atoms with van der Waals surface area (Å²) >= 11 is 0. The minimum Gasteiger partial charge on any atom is -0.467 e. The van der Waals surface area contributed by atoms with Gasteiger partial charge in [-0.3, -0.25) is 4.90 Å². The Morgan fingerprint density at radius 2 is 2.00 bits per heavy atom. The van der Waals surface area contributed by atoms with Gasteiger partial charge in [-0.2, -0.15) is 0 Å². The summed E-state index contributed by atoms with van der Waals surface area (Å²) in [6.45, 7) is 4.94. The number of hydrogen-bond donors (Lipinski definition) is 0. The van der Waals surface area contributed by atoms with Gasteiger partial charge in [0, 0.05) is 0 Å². The second-order valence-electron chi connectivity index (χ2n) is 6.10. The van der Waals surface area contributed by atoms with Gasteiger partial charge in [0.05, 0.1) is 11.8 Å². The van der Waals surface area contributed by atoms with Gasteiger partial charge in [0.2, 0.25) is 0 Å². The molecule has 1 aromatic heterocycles.